The van der Waals surface area contributed by atoms with Gasteiger partial charge in [-0.25, -0.2) is 0 Å². The number of rotatable bonds is 27. The van der Waals surface area contributed by atoms with Crippen LogP contribution in [0.5, 0.6) is 0 Å². The monoisotopic (exact) mass is 535 g/mol. The van der Waals surface area contributed by atoms with Crippen LogP contribution in [0, 0.1) is 0 Å². The smallest absolute Gasteiger partial charge is 0.332 e. The van der Waals surface area contributed by atoms with E-state index < -0.39 is 19.4 Å². The maximum atomic E-state index is 12.1. The van der Waals surface area contributed by atoms with Crippen LogP contribution in [-0.4, -0.2) is 49.0 Å². The Labute approximate surface area is 222 Å². The van der Waals surface area contributed by atoms with Gasteiger partial charge in [-0.2, -0.15) is 0 Å². The second kappa shape index (κ2) is 24.9. The summed E-state index contributed by atoms with van der Waals surface area (Å²) in [7, 11) is -3.84. The number of nitrogens with two attached hydrogens (primary N) is 1. The van der Waals surface area contributed by atoms with E-state index in [2.05, 4.69) is 6.92 Å². The topological polar surface area (TPSA) is 108 Å². The van der Waals surface area contributed by atoms with Gasteiger partial charge >= 0.3 is 13.6 Å². The van der Waals surface area contributed by atoms with Gasteiger partial charge in [-0.15, -0.1) is 0 Å². The van der Waals surface area contributed by atoms with Crippen molar-refractivity contribution in [3.8, 4) is 0 Å². The minimum Gasteiger partial charge on any atom is -0.457 e. The summed E-state index contributed by atoms with van der Waals surface area (Å²) in [5.41, 5.74) is 4.79. The number of carbonyl (C=O) groups excluding carboxylic acids is 1. The summed E-state index contributed by atoms with van der Waals surface area (Å²) in [5.74, 6) is -0.385. The predicted octanol–water partition coefficient (Wildman–Crippen LogP) is 7.53. The van der Waals surface area contributed by atoms with Crippen LogP contribution in [0.3, 0.4) is 0 Å². The molecule has 0 aliphatic heterocycles. The molecule has 7 nitrogen and oxygen atoms in total. The molecule has 0 saturated carbocycles. The van der Waals surface area contributed by atoms with Gasteiger partial charge in [0, 0.05) is 19.6 Å². The summed E-state index contributed by atoms with van der Waals surface area (Å²) >= 11 is 0. The summed E-state index contributed by atoms with van der Waals surface area (Å²) in [6.07, 6.45) is 22.1. The van der Waals surface area contributed by atoms with Crippen LogP contribution in [0.4, 0.5) is 0 Å². The fourth-order valence-corrected chi connectivity index (χ4v) is 4.88. The minimum absolute atomic E-state index is 0.0446. The largest absolute Gasteiger partial charge is 0.457 e. The van der Waals surface area contributed by atoms with Crippen molar-refractivity contribution < 1.29 is 28.3 Å². The van der Waals surface area contributed by atoms with Crippen molar-refractivity contribution in [3.63, 3.8) is 0 Å². The second-order valence-corrected chi connectivity index (χ2v) is 12.4. The van der Waals surface area contributed by atoms with E-state index >= 15 is 0 Å². The van der Waals surface area contributed by atoms with Crippen molar-refractivity contribution >= 4 is 13.6 Å². The highest BCUT2D eigenvalue weighted by atomic mass is 31.2. The molecule has 0 radical (unpaired) electrons. The molecule has 0 aromatic rings. The highest BCUT2D eigenvalue weighted by molar-refractivity contribution is 7.53. The Hall–Kier alpha value is -0.460. The molecule has 0 heterocycles. The summed E-state index contributed by atoms with van der Waals surface area (Å²) in [6, 6.07) is 0. The zero-order valence-electron chi connectivity index (χ0n) is 23.7. The molecule has 0 amide bonds. The Morgan fingerprint density at radius 2 is 1.22 bits per heavy atom. The normalized spacial score (nSPS) is 14.9. The molecule has 0 saturated heterocycles. The average molecular weight is 536 g/mol. The lowest BCUT2D eigenvalue weighted by molar-refractivity contribution is -0.153. The Morgan fingerprint density at radius 1 is 0.778 bits per heavy atom. The van der Waals surface area contributed by atoms with Gasteiger partial charge < -0.3 is 24.6 Å². The van der Waals surface area contributed by atoms with Crippen LogP contribution >= 0.6 is 7.60 Å². The lowest BCUT2D eigenvalue weighted by Crippen LogP contribution is -2.29. The highest BCUT2D eigenvalue weighted by Gasteiger charge is 2.29. The van der Waals surface area contributed by atoms with E-state index in [0.29, 0.717) is 6.61 Å². The first-order valence-electron chi connectivity index (χ1n) is 14.8. The zero-order chi connectivity index (χ0) is 26.9. The lowest BCUT2D eigenvalue weighted by Gasteiger charge is -2.22. The third-order valence-corrected chi connectivity index (χ3v) is 8.47. The summed E-state index contributed by atoms with van der Waals surface area (Å²) in [6.45, 7) is 6.13. The second-order valence-electron chi connectivity index (χ2n) is 10.1. The molecule has 0 fully saturated rings. The Bertz CT molecular complexity index is 548. The van der Waals surface area contributed by atoms with Crippen LogP contribution in [0.15, 0.2) is 0 Å². The fraction of sp³-hybridized carbons (Fsp3) is 0.964. The summed E-state index contributed by atoms with van der Waals surface area (Å²) in [5, 5.41) is 0. The Morgan fingerprint density at radius 3 is 1.64 bits per heavy atom. The molecule has 3 N–H and O–H groups in total. The summed E-state index contributed by atoms with van der Waals surface area (Å²) in [4.78, 5) is 21.6. The maximum absolute atomic E-state index is 12.1. The van der Waals surface area contributed by atoms with Crippen molar-refractivity contribution in [3.05, 3.63) is 0 Å². The van der Waals surface area contributed by atoms with Crippen LogP contribution in [-0.2, 0) is 23.4 Å². The molecule has 0 aromatic heterocycles. The zero-order valence-corrected chi connectivity index (χ0v) is 24.6. The van der Waals surface area contributed by atoms with Crippen molar-refractivity contribution in [1.82, 2.24) is 0 Å². The molecule has 216 valence electrons. The van der Waals surface area contributed by atoms with E-state index in [4.69, 9.17) is 19.7 Å². The molecule has 8 heteroatoms. The molecule has 3 atom stereocenters. The van der Waals surface area contributed by atoms with Crippen molar-refractivity contribution in [2.45, 2.75) is 148 Å². The SMILES string of the molecule is CCCCCCCCCCCCCCCCCCCOCC(COP(=O)(O)C(C)CN)OC(=O)CC. The molecule has 0 spiro atoms. The van der Waals surface area contributed by atoms with E-state index in [1.54, 1.807) is 13.8 Å². The van der Waals surface area contributed by atoms with E-state index in [0.717, 1.165) is 12.8 Å². The first-order valence-corrected chi connectivity index (χ1v) is 16.5. The molecular formula is C28H58NO6P. The average Bonchev–Trinajstić information content (AvgIpc) is 2.87. The Kier molecular flexibility index (Phi) is 24.5. The predicted molar refractivity (Wildman–Crippen MR) is 149 cm³/mol. The van der Waals surface area contributed by atoms with Gasteiger partial charge in [-0.3, -0.25) is 9.36 Å². The third-order valence-electron chi connectivity index (χ3n) is 6.63. The fourth-order valence-electron chi connectivity index (χ4n) is 3.98. The molecule has 0 aliphatic carbocycles. The number of hydrogen-bond acceptors (Lipinski definition) is 6. The van der Waals surface area contributed by atoms with Gasteiger partial charge in [-0.05, 0) is 13.3 Å². The molecule has 0 aliphatic rings. The van der Waals surface area contributed by atoms with Gasteiger partial charge in [0.2, 0.25) is 0 Å². The van der Waals surface area contributed by atoms with Crippen molar-refractivity contribution in [2.24, 2.45) is 5.73 Å². The molecule has 3 unspecified atom stereocenters. The standard InChI is InChI=1S/C28H58NO6P/c1-4-6-7-8-9-10-11-12-13-14-15-16-17-18-19-20-21-22-33-24-27(35-28(30)5-2)25-34-36(31,32)26(3)23-29/h26-27H,4-25,29H2,1-3H3,(H,31,32). The van der Waals surface area contributed by atoms with E-state index in [9.17, 15) is 14.3 Å². The van der Waals surface area contributed by atoms with E-state index in [-0.39, 0.29) is 32.1 Å². The highest BCUT2D eigenvalue weighted by Crippen LogP contribution is 2.46. The van der Waals surface area contributed by atoms with Crippen molar-refractivity contribution in [2.75, 3.05) is 26.4 Å². The van der Waals surface area contributed by atoms with Crippen LogP contribution in [0.1, 0.15) is 136 Å². The third kappa shape index (κ3) is 21.6. The van der Waals surface area contributed by atoms with Crippen LogP contribution in [0.25, 0.3) is 0 Å². The summed E-state index contributed by atoms with van der Waals surface area (Å²) < 4.78 is 28.2. The van der Waals surface area contributed by atoms with Gasteiger partial charge in [-0.1, -0.05) is 117 Å². The lowest BCUT2D eigenvalue weighted by atomic mass is 10.0. The number of hydrogen-bond donors (Lipinski definition) is 2. The number of carbonyl (C=O) groups is 1. The van der Waals surface area contributed by atoms with E-state index in [1.165, 1.54) is 96.3 Å². The molecule has 0 aromatic carbocycles. The molecule has 0 rings (SSSR count). The van der Waals surface area contributed by atoms with Crippen molar-refractivity contribution in [1.29, 1.82) is 0 Å². The van der Waals surface area contributed by atoms with Crippen LogP contribution < -0.4 is 5.73 Å². The number of ether oxygens (including phenoxy) is 2. The maximum Gasteiger partial charge on any atom is 0.332 e. The Balaban J connectivity index is 3.66. The molecule has 36 heavy (non-hydrogen) atoms. The van der Waals surface area contributed by atoms with Gasteiger partial charge in [0.1, 0.15) is 6.10 Å². The minimum atomic E-state index is -3.84. The van der Waals surface area contributed by atoms with Gasteiger partial charge in [0.25, 0.3) is 0 Å². The van der Waals surface area contributed by atoms with Gasteiger partial charge in [0.15, 0.2) is 0 Å². The quantitative estimate of drug-likeness (QED) is 0.0636. The molecular weight excluding hydrogens is 477 g/mol. The first kappa shape index (κ1) is 35.5. The van der Waals surface area contributed by atoms with Crippen LogP contribution in [0.2, 0.25) is 0 Å². The number of unbranched alkanes of at least 4 members (excludes halogenated alkanes) is 16. The molecule has 0 bridgehead atoms. The van der Waals surface area contributed by atoms with E-state index in [1.807, 2.05) is 0 Å². The number of esters is 1. The first-order chi connectivity index (χ1) is 17.4. The van der Waals surface area contributed by atoms with Gasteiger partial charge in [0.05, 0.1) is 18.9 Å².